The van der Waals surface area contributed by atoms with Crippen molar-refractivity contribution in [3.8, 4) is 0 Å². The molecule has 0 spiro atoms. The van der Waals surface area contributed by atoms with E-state index >= 15 is 0 Å². The molecule has 0 aromatic carbocycles. The second-order valence-corrected chi connectivity index (χ2v) is 7.16. The summed E-state index contributed by atoms with van der Waals surface area (Å²) >= 11 is 0. The number of carbonyl (C=O) groups excluding carboxylic acids is 5. The fraction of sp³-hybridized carbons (Fsp3) is 0.667. The van der Waals surface area contributed by atoms with E-state index in [2.05, 4.69) is 16.0 Å². The van der Waals surface area contributed by atoms with Gasteiger partial charge in [-0.2, -0.15) is 0 Å². The van der Waals surface area contributed by atoms with Gasteiger partial charge in [0.25, 0.3) is 0 Å². The van der Waals surface area contributed by atoms with Gasteiger partial charge < -0.3 is 38.3 Å². The van der Waals surface area contributed by atoms with Gasteiger partial charge in [0.15, 0.2) is 0 Å². The third-order valence-electron chi connectivity index (χ3n) is 4.61. The van der Waals surface area contributed by atoms with Crippen molar-refractivity contribution in [1.82, 2.24) is 16.0 Å². The van der Waals surface area contributed by atoms with Crippen LogP contribution in [0.5, 0.6) is 0 Å². The van der Waals surface area contributed by atoms with Crippen LogP contribution in [0, 0.1) is 5.92 Å². The molecule has 0 aromatic rings. The quantitative estimate of drug-likeness (QED) is 0.137. The van der Waals surface area contributed by atoms with Crippen molar-refractivity contribution < 1.29 is 33.9 Å². The Morgan fingerprint density at radius 2 is 1.39 bits per heavy atom. The number of carboxylic acids is 1. The number of hydrogen-bond donors (Lipinski definition) is 7. The minimum absolute atomic E-state index is 0.106. The number of nitrogens with one attached hydrogen (secondary N) is 3. The average molecular weight is 444 g/mol. The molecule has 13 heteroatoms. The maximum atomic E-state index is 12.5. The molecule has 5 amide bonds. The van der Waals surface area contributed by atoms with Gasteiger partial charge in [-0.3, -0.25) is 24.0 Å². The minimum atomic E-state index is -1.43. The molecule has 4 unspecified atom stereocenters. The van der Waals surface area contributed by atoms with E-state index in [0.717, 1.165) is 0 Å². The Bertz CT molecular complexity index is 684. The lowest BCUT2D eigenvalue weighted by Crippen LogP contribution is -2.54. The van der Waals surface area contributed by atoms with Crippen LogP contribution in [0.3, 0.4) is 0 Å². The van der Waals surface area contributed by atoms with E-state index in [0.29, 0.717) is 6.42 Å². The predicted molar refractivity (Wildman–Crippen MR) is 109 cm³/mol. The van der Waals surface area contributed by atoms with Crippen molar-refractivity contribution in [2.45, 2.75) is 64.1 Å². The van der Waals surface area contributed by atoms with Gasteiger partial charge in [0.2, 0.25) is 29.5 Å². The number of rotatable bonds is 15. The first-order chi connectivity index (χ1) is 14.4. The second-order valence-electron chi connectivity index (χ2n) is 7.16. The molecule has 0 rings (SSSR count). The number of hydrogen-bond acceptors (Lipinski definition) is 7. The van der Waals surface area contributed by atoms with Gasteiger partial charge in [-0.05, 0) is 18.8 Å². The van der Waals surface area contributed by atoms with Gasteiger partial charge in [0.1, 0.15) is 12.1 Å². The van der Waals surface area contributed by atoms with Crippen molar-refractivity contribution in [3.05, 3.63) is 0 Å². The SMILES string of the molecule is CCC(C)C(N)C(=O)NCC(=O)NC(CCC(N)=O)C(=O)NC(CCC(N)=O)C(=O)O. The topological polar surface area (TPSA) is 237 Å². The summed E-state index contributed by atoms with van der Waals surface area (Å²) in [6, 6.07) is -3.54. The first kappa shape index (κ1) is 27.8. The van der Waals surface area contributed by atoms with Gasteiger partial charge >= 0.3 is 5.97 Å². The van der Waals surface area contributed by atoms with E-state index in [-0.39, 0.29) is 31.6 Å². The van der Waals surface area contributed by atoms with Crippen LogP contribution in [0.2, 0.25) is 0 Å². The third-order valence-corrected chi connectivity index (χ3v) is 4.61. The van der Waals surface area contributed by atoms with Crippen LogP contribution in [0.15, 0.2) is 0 Å². The lowest BCUT2D eigenvalue weighted by Gasteiger charge is -2.22. The van der Waals surface area contributed by atoms with Gasteiger partial charge in [-0.15, -0.1) is 0 Å². The molecule has 0 aliphatic carbocycles. The van der Waals surface area contributed by atoms with Crippen molar-refractivity contribution in [2.24, 2.45) is 23.1 Å². The highest BCUT2D eigenvalue weighted by Gasteiger charge is 2.27. The number of carbonyl (C=O) groups is 6. The third kappa shape index (κ3) is 11.5. The first-order valence-electron chi connectivity index (χ1n) is 9.81. The molecule has 0 saturated carbocycles. The summed E-state index contributed by atoms with van der Waals surface area (Å²) in [5, 5.41) is 16.1. The molecule has 0 aliphatic heterocycles. The normalized spacial score (nSPS) is 14.4. The van der Waals surface area contributed by atoms with E-state index < -0.39 is 60.2 Å². The number of primary amides is 2. The van der Waals surface area contributed by atoms with Crippen LogP contribution in [-0.4, -0.2) is 65.3 Å². The Labute approximate surface area is 179 Å². The Morgan fingerprint density at radius 1 is 0.871 bits per heavy atom. The summed E-state index contributed by atoms with van der Waals surface area (Å²) in [5.74, 6) is -5.17. The molecule has 13 nitrogen and oxygen atoms in total. The summed E-state index contributed by atoms with van der Waals surface area (Å²) in [6.45, 7) is 3.17. The van der Waals surface area contributed by atoms with Gasteiger partial charge in [0, 0.05) is 12.8 Å². The first-order valence-corrected chi connectivity index (χ1v) is 9.81. The van der Waals surface area contributed by atoms with Crippen molar-refractivity contribution in [1.29, 1.82) is 0 Å². The zero-order valence-electron chi connectivity index (χ0n) is 17.7. The Balaban J connectivity index is 5.03. The van der Waals surface area contributed by atoms with E-state index in [1.54, 1.807) is 6.92 Å². The fourth-order valence-corrected chi connectivity index (χ4v) is 2.41. The van der Waals surface area contributed by atoms with E-state index in [1.165, 1.54) is 0 Å². The summed E-state index contributed by atoms with van der Waals surface area (Å²) in [6.07, 6.45) is -0.330. The lowest BCUT2D eigenvalue weighted by atomic mass is 9.99. The largest absolute Gasteiger partial charge is 0.480 e. The minimum Gasteiger partial charge on any atom is -0.480 e. The van der Waals surface area contributed by atoms with Gasteiger partial charge in [-0.25, -0.2) is 4.79 Å². The van der Waals surface area contributed by atoms with E-state index in [9.17, 15) is 33.9 Å². The van der Waals surface area contributed by atoms with Crippen LogP contribution >= 0.6 is 0 Å². The van der Waals surface area contributed by atoms with Crippen LogP contribution in [0.4, 0.5) is 0 Å². The summed E-state index contributed by atoms with van der Waals surface area (Å²) in [4.78, 5) is 69.8. The van der Waals surface area contributed by atoms with Crippen LogP contribution in [0.1, 0.15) is 46.0 Å². The maximum Gasteiger partial charge on any atom is 0.326 e. The molecule has 31 heavy (non-hydrogen) atoms. The summed E-state index contributed by atoms with van der Waals surface area (Å²) in [5.41, 5.74) is 15.8. The Morgan fingerprint density at radius 3 is 1.84 bits per heavy atom. The van der Waals surface area contributed by atoms with Crippen LogP contribution < -0.4 is 33.2 Å². The number of carboxylic acid groups (broad SMARTS) is 1. The summed E-state index contributed by atoms with van der Waals surface area (Å²) < 4.78 is 0. The molecule has 0 radical (unpaired) electrons. The van der Waals surface area contributed by atoms with Gasteiger partial charge in [-0.1, -0.05) is 20.3 Å². The van der Waals surface area contributed by atoms with Crippen molar-refractivity contribution in [2.75, 3.05) is 6.54 Å². The average Bonchev–Trinajstić information content (AvgIpc) is 2.70. The van der Waals surface area contributed by atoms with E-state index in [4.69, 9.17) is 17.2 Å². The van der Waals surface area contributed by atoms with Gasteiger partial charge in [0.05, 0.1) is 12.6 Å². The molecule has 0 heterocycles. The number of amides is 5. The Hall–Kier alpha value is -3.22. The molecule has 0 saturated heterocycles. The monoisotopic (exact) mass is 444 g/mol. The molecule has 10 N–H and O–H groups in total. The van der Waals surface area contributed by atoms with E-state index in [1.807, 2.05) is 6.92 Å². The zero-order chi connectivity index (χ0) is 24.1. The van der Waals surface area contributed by atoms with Crippen molar-refractivity contribution in [3.63, 3.8) is 0 Å². The zero-order valence-corrected chi connectivity index (χ0v) is 17.7. The molecule has 176 valence electrons. The highest BCUT2D eigenvalue weighted by molar-refractivity contribution is 5.93. The van der Waals surface area contributed by atoms with Crippen molar-refractivity contribution >= 4 is 35.5 Å². The molecule has 0 bridgehead atoms. The van der Waals surface area contributed by atoms with Crippen LogP contribution in [0.25, 0.3) is 0 Å². The molecule has 0 aliphatic rings. The lowest BCUT2D eigenvalue weighted by molar-refractivity contribution is -0.142. The molecule has 4 atom stereocenters. The standard InChI is InChI=1S/C18H32N6O7/c1-3-9(2)15(21)17(29)22-8-14(27)23-10(4-6-12(19)25)16(28)24-11(18(30)31)5-7-13(20)26/h9-11,15H,3-8,21H2,1-2H3,(H2,19,25)(H2,20,26)(H,22,29)(H,23,27)(H,24,28)(H,30,31). The molecular formula is C18H32N6O7. The Kier molecular flexibility index (Phi) is 12.5. The second kappa shape index (κ2) is 13.9. The highest BCUT2D eigenvalue weighted by Crippen LogP contribution is 2.05. The highest BCUT2D eigenvalue weighted by atomic mass is 16.4. The molecule has 0 aromatic heterocycles. The smallest absolute Gasteiger partial charge is 0.326 e. The number of aliphatic carboxylic acids is 1. The molecular weight excluding hydrogens is 412 g/mol. The fourth-order valence-electron chi connectivity index (χ4n) is 2.41. The van der Waals surface area contributed by atoms with Crippen LogP contribution in [-0.2, 0) is 28.8 Å². The summed E-state index contributed by atoms with van der Waals surface area (Å²) in [7, 11) is 0. The molecule has 0 fully saturated rings. The maximum absolute atomic E-state index is 12.5. The number of nitrogens with two attached hydrogens (primary N) is 3. The predicted octanol–water partition coefficient (Wildman–Crippen LogP) is -2.94.